The first kappa shape index (κ1) is 19.7. The quantitative estimate of drug-likeness (QED) is 0.695. The van der Waals surface area contributed by atoms with Crippen LogP contribution in [0.1, 0.15) is 39.8 Å². The molecule has 1 amide bonds. The van der Waals surface area contributed by atoms with Crippen molar-refractivity contribution in [3.63, 3.8) is 0 Å². The highest BCUT2D eigenvalue weighted by molar-refractivity contribution is 6.32. The summed E-state index contributed by atoms with van der Waals surface area (Å²) in [7, 11) is 0. The molecule has 0 atom stereocenters. The zero-order valence-corrected chi connectivity index (χ0v) is 16.8. The summed E-state index contributed by atoms with van der Waals surface area (Å²) in [6, 6.07) is 15.1. The first-order valence-corrected chi connectivity index (χ1v) is 9.43. The lowest BCUT2D eigenvalue weighted by Gasteiger charge is -2.08. The largest absolute Gasteiger partial charge is 0.352 e. The van der Waals surface area contributed by atoms with E-state index in [1.54, 1.807) is 6.07 Å². The highest BCUT2D eigenvalue weighted by Gasteiger charge is 2.15. The number of carbonyl (C=O) groups is 1. The molecule has 0 saturated heterocycles. The lowest BCUT2D eigenvalue weighted by Crippen LogP contribution is -2.22. The number of hydrogen-bond acceptors (Lipinski definition) is 3. The minimum absolute atomic E-state index is 0.0693. The van der Waals surface area contributed by atoms with E-state index in [2.05, 4.69) is 16.5 Å². The molecule has 0 radical (unpaired) electrons. The average molecular weight is 393 g/mol. The second kappa shape index (κ2) is 8.28. The molecule has 3 rings (SSSR count). The lowest BCUT2D eigenvalue weighted by molar-refractivity contribution is 0.0956. The van der Waals surface area contributed by atoms with Crippen LogP contribution in [0.2, 0.25) is 5.02 Å². The van der Waals surface area contributed by atoms with Gasteiger partial charge < -0.3 is 5.32 Å². The van der Waals surface area contributed by atoms with E-state index in [1.807, 2.05) is 61.9 Å². The molecule has 0 aliphatic rings. The molecule has 2 aromatic carbocycles. The highest BCUT2D eigenvalue weighted by atomic mass is 35.5. The van der Waals surface area contributed by atoms with E-state index >= 15 is 0 Å². The number of hydrogen-bond donors (Lipinski definition) is 1. The van der Waals surface area contributed by atoms with Gasteiger partial charge in [-0.3, -0.25) is 9.48 Å². The van der Waals surface area contributed by atoms with Gasteiger partial charge in [0.05, 0.1) is 22.8 Å². The van der Waals surface area contributed by atoms with E-state index in [9.17, 15) is 4.79 Å². The second-order valence-electron chi connectivity index (χ2n) is 6.57. The number of nitriles is 1. The molecule has 0 fully saturated rings. The monoisotopic (exact) mass is 392 g/mol. The van der Waals surface area contributed by atoms with Gasteiger partial charge in [-0.25, -0.2) is 0 Å². The fraction of sp³-hybridized carbons (Fsp3) is 0.227. The van der Waals surface area contributed by atoms with Crippen molar-refractivity contribution >= 4 is 17.5 Å². The third-order valence-electron chi connectivity index (χ3n) is 4.65. The number of aryl methyl sites for hydroxylation is 1. The molecule has 0 saturated carbocycles. The molecule has 28 heavy (non-hydrogen) atoms. The highest BCUT2D eigenvalue weighted by Crippen LogP contribution is 2.30. The van der Waals surface area contributed by atoms with Crippen molar-refractivity contribution in [2.75, 3.05) is 6.54 Å². The van der Waals surface area contributed by atoms with Gasteiger partial charge in [0, 0.05) is 23.4 Å². The predicted molar refractivity (Wildman–Crippen MR) is 110 cm³/mol. The van der Waals surface area contributed by atoms with Gasteiger partial charge in [-0.1, -0.05) is 29.8 Å². The van der Waals surface area contributed by atoms with Gasteiger partial charge in [0.15, 0.2) is 0 Å². The maximum Gasteiger partial charge on any atom is 0.251 e. The van der Waals surface area contributed by atoms with Gasteiger partial charge >= 0.3 is 0 Å². The van der Waals surface area contributed by atoms with Crippen molar-refractivity contribution in [3.05, 3.63) is 75.6 Å². The number of carbonyl (C=O) groups excluding carboxylic acids is 1. The molecule has 0 unspecified atom stereocenters. The van der Waals surface area contributed by atoms with Gasteiger partial charge in [0.1, 0.15) is 6.07 Å². The molecule has 3 aromatic rings. The summed E-state index contributed by atoms with van der Waals surface area (Å²) in [6.45, 7) is 7.09. The molecule has 0 spiro atoms. The third-order valence-corrected chi connectivity index (χ3v) is 4.96. The summed E-state index contributed by atoms with van der Waals surface area (Å²) in [6.07, 6.45) is 0. The van der Waals surface area contributed by atoms with E-state index in [4.69, 9.17) is 16.9 Å². The fourth-order valence-corrected chi connectivity index (χ4v) is 3.45. The van der Waals surface area contributed by atoms with Crippen LogP contribution >= 0.6 is 11.6 Å². The van der Waals surface area contributed by atoms with Gasteiger partial charge in [0.2, 0.25) is 0 Å². The molecule has 0 aliphatic heterocycles. The normalized spacial score (nSPS) is 10.5. The summed E-state index contributed by atoms with van der Waals surface area (Å²) in [4.78, 5) is 11.9. The standard InChI is InChI=1S/C22H21ClN4O/c1-4-25-22(28)17-7-5-16(6-8-17)13-27-15(3)21(14(2)26-27)18-9-10-19(12-24)20(23)11-18/h5-11H,4,13H2,1-3H3,(H,25,28). The zero-order valence-electron chi connectivity index (χ0n) is 16.1. The summed E-state index contributed by atoms with van der Waals surface area (Å²) in [5, 5.41) is 17.0. The molecule has 5 nitrogen and oxygen atoms in total. The predicted octanol–water partition coefficient (Wildman–Crippen LogP) is 4.49. The van der Waals surface area contributed by atoms with Crippen LogP contribution < -0.4 is 5.32 Å². The second-order valence-corrected chi connectivity index (χ2v) is 6.97. The molecule has 1 N–H and O–H groups in total. The molecule has 6 heteroatoms. The number of aromatic nitrogens is 2. The lowest BCUT2D eigenvalue weighted by atomic mass is 10.0. The van der Waals surface area contributed by atoms with Crippen LogP contribution in [0, 0.1) is 25.2 Å². The van der Waals surface area contributed by atoms with Crippen LogP contribution in [0.5, 0.6) is 0 Å². The third kappa shape index (κ3) is 3.92. The number of halogens is 1. The maximum atomic E-state index is 11.9. The van der Waals surface area contributed by atoms with Crippen molar-refractivity contribution in [1.29, 1.82) is 5.26 Å². The Hall–Kier alpha value is -3.10. The number of nitrogens with one attached hydrogen (secondary N) is 1. The van der Waals surface area contributed by atoms with Crippen molar-refractivity contribution in [2.45, 2.75) is 27.3 Å². The van der Waals surface area contributed by atoms with Gasteiger partial charge in [-0.15, -0.1) is 0 Å². The van der Waals surface area contributed by atoms with Gasteiger partial charge in [0.25, 0.3) is 5.91 Å². The van der Waals surface area contributed by atoms with Crippen LogP contribution in [0.25, 0.3) is 11.1 Å². The Kier molecular flexibility index (Phi) is 5.81. The Labute approximate surface area is 169 Å². The number of amides is 1. The molecule has 1 aromatic heterocycles. The van der Waals surface area contributed by atoms with E-state index in [1.165, 1.54) is 0 Å². The maximum absolute atomic E-state index is 11.9. The first-order chi connectivity index (χ1) is 13.4. The number of rotatable bonds is 5. The van der Waals surface area contributed by atoms with Crippen molar-refractivity contribution in [2.24, 2.45) is 0 Å². The smallest absolute Gasteiger partial charge is 0.251 e. The van der Waals surface area contributed by atoms with Crippen molar-refractivity contribution < 1.29 is 4.79 Å². The number of benzene rings is 2. The fourth-order valence-electron chi connectivity index (χ4n) is 3.23. The Morgan fingerprint density at radius 3 is 2.54 bits per heavy atom. The SMILES string of the molecule is CCNC(=O)c1ccc(Cn2nc(C)c(-c3ccc(C#N)c(Cl)c3)c2C)cc1. The van der Waals surface area contributed by atoms with E-state index in [0.717, 1.165) is 28.1 Å². The van der Waals surface area contributed by atoms with E-state index < -0.39 is 0 Å². The minimum Gasteiger partial charge on any atom is -0.352 e. The minimum atomic E-state index is -0.0693. The topological polar surface area (TPSA) is 70.7 Å². The van der Waals surface area contributed by atoms with Crippen LogP contribution in [-0.2, 0) is 6.54 Å². The molecule has 0 bridgehead atoms. The van der Waals surface area contributed by atoms with Crippen LogP contribution in [0.3, 0.4) is 0 Å². The average Bonchev–Trinajstić information content (AvgIpc) is 2.95. The van der Waals surface area contributed by atoms with Crippen molar-refractivity contribution in [1.82, 2.24) is 15.1 Å². The van der Waals surface area contributed by atoms with Crippen molar-refractivity contribution in [3.8, 4) is 17.2 Å². The molecule has 0 aliphatic carbocycles. The molecular weight excluding hydrogens is 372 g/mol. The summed E-state index contributed by atoms with van der Waals surface area (Å²) in [5.41, 5.74) is 6.04. The van der Waals surface area contributed by atoms with Crippen LogP contribution in [-0.4, -0.2) is 22.2 Å². The molecular formula is C22H21ClN4O. The Balaban J connectivity index is 1.87. The molecule has 1 heterocycles. The van der Waals surface area contributed by atoms with Gasteiger partial charge in [-0.05, 0) is 56.2 Å². The van der Waals surface area contributed by atoms with Crippen LogP contribution in [0.15, 0.2) is 42.5 Å². The molecule has 142 valence electrons. The van der Waals surface area contributed by atoms with Crippen LogP contribution in [0.4, 0.5) is 0 Å². The van der Waals surface area contributed by atoms with Gasteiger partial charge in [-0.2, -0.15) is 10.4 Å². The van der Waals surface area contributed by atoms with E-state index in [0.29, 0.717) is 29.2 Å². The first-order valence-electron chi connectivity index (χ1n) is 9.05. The Morgan fingerprint density at radius 2 is 1.93 bits per heavy atom. The summed E-state index contributed by atoms with van der Waals surface area (Å²) in [5.74, 6) is -0.0693. The summed E-state index contributed by atoms with van der Waals surface area (Å²) >= 11 is 6.20. The number of nitrogens with zero attached hydrogens (tertiary/aromatic N) is 3. The summed E-state index contributed by atoms with van der Waals surface area (Å²) < 4.78 is 1.94. The Morgan fingerprint density at radius 1 is 1.21 bits per heavy atom. The van der Waals surface area contributed by atoms with E-state index in [-0.39, 0.29) is 5.91 Å². The Bertz CT molecular complexity index is 1060. The zero-order chi connectivity index (χ0) is 20.3.